The molecule has 6 nitrogen and oxygen atoms in total. The molecule has 0 aliphatic carbocycles. The van der Waals surface area contributed by atoms with Gasteiger partial charge in [-0.25, -0.2) is 0 Å². The molecule has 0 aliphatic heterocycles. The summed E-state index contributed by atoms with van der Waals surface area (Å²) < 4.78 is 16.9. The molecule has 0 aromatic carbocycles. The Balaban J connectivity index is 4.35. The first-order valence-electron chi connectivity index (χ1n) is 32.9. The third kappa shape index (κ3) is 61.7. The van der Waals surface area contributed by atoms with Crippen molar-refractivity contribution in [1.82, 2.24) is 0 Å². The third-order valence-corrected chi connectivity index (χ3v) is 14.4. The number of carbonyl (C=O) groups is 3. The number of allylic oxidation sites excluding steroid dienone is 12. The van der Waals surface area contributed by atoms with Crippen LogP contribution in [0.1, 0.15) is 335 Å². The van der Waals surface area contributed by atoms with E-state index in [-0.39, 0.29) is 31.1 Å². The van der Waals surface area contributed by atoms with Gasteiger partial charge in [-0.2, -0.15) is 0 Å². The molecule has 76 heavy (non-hydrogen) atoms. The molecule has 0 saturated carbocycles. The Morgan fingerprint density at radius 3 is 0.816 bits per heavy atom. The lowest BCUT2D eigenvalue weighted by Gasteiger charge is -2.18. The fourth-order valence-electron chi connectivity index (χ4n) is 9.53. The van der Waals surface area contributed by atoms with Crippen molar-refractivity contribution in [2.24, 2.45) is 0 Å². The highest BCUT2D eigenvalue weighted by Crippen LogP contribution is 2.17. The van der Waals surface area contributed by atoms with Crippen LogP contribution in [-0.2, 0) is 28.6 Å². The minimum atomic E-state index is -0.789. The topological polar surface area (TPSA) is 78.9 Å². The first-order valence-corrected chi connectivity index (χ1v) is 32.9. The Kier molecular flexibility index (Phi) is 61.7. The standard InChI is InChI=1S/C70H124O6/c1-4-7-10-13-16-19-22-25-28-31-33-34-35-36-38-39-42-45-48-51-54-57-60-63-69(72)75-66-67(65-74-68(71)62-59-56-53-50-47-44-41-30-27-24-21-18-15-12-9-6-3)76-70(73)64-61-58-55-52-49-46-43-40-37-32-29-26-23-20-17-14-11-8-5-2/h8,11,17,20-21,24,26,29-30,37,40-41,67H,4-7,9-10,12-16,18-19,22-23,25,27-28,31-36,38-39,42-66H2,1-3H3/b11-8-,20-17-,24-21-,29-26-,40-37-,41-30-. The number of hydrogen-bond donors (Lipinski definition) is 0. The predicted molar refractivity (Wildman–Crippen MR) is 330 cm³/mol. The Morgan fingerprint density at radius 2 is 0.513 bits per heavy atom. The fourth-order valence-corrected chi connectivity index (χ4v) is 9.53. The molecule has 0 saturated heterocycles. The van der Waals surface area contributed by atoms with E-state index in [1.54, 1.807) is 0 Å². The van der Waals surface area contributed by atoms with E-state index in [1.165, 1.54) is 180 Å². The third-order valence-electron chi connectivity index (χ3n) is 14.4. The van der Waals surface area contributed by atoms with Gasteiger partial charge in [-0.1, -0.05) is 299 Å². The zero-order valence-electron chi connectivity index (χ0n) is 50.5. The molecule has 0 radical (unpaired) electrons. The van der Waals surface area contributed by atoms with Gasteiger partial charge < -0.3 is 14.2 Å². The van der Waals surface area contributed by atoms with Gasteiger partial charge in [-0.15, -0.1) is 0 Å². The SMILES string of the molecule is CC/C=C\C/C=C\C/C=C\C/C=C\CCCCCCCCC(=O)OC(COC(=O)CCCCCCC/C=C\C/C=C\CCCCCC)COC(=O)CCCCCCCCCCCCCCCCCCCCCCCCC. The smallest absolute Gasteiger partial charge is 0.306 e. The average molecular weight is 1060 g/mol. The van der Waals surface area contributed by atoms with E-state index in [1.807, 2.05) is 0 Å². The molecule has 1 atom stereocenters. The molecule has 440 valence electrons. The van der Waals surface area contributed by atoms with Crippen LogP contribution in [0.25, 0.3) is 0 Å². The molecule has 0 bridgehead atoms. The van der Waals surface area contributed by atoms with Crippen LogP contribution in [0.15, 0.2) is 72.9 Å². The second kappa shape index (κ2) is 64.4. The summed E-state index contributed by atoms with van der Waals surface area (Å²) in [5.74, 6) is -0.894. The Hall–Kier alpha value is -3.15. The molecule has 0 aromatic rings. The van der Waals surface area contributed by atoms with Crippen molar-refractivity contribution < 1.29 is 28.6 Å². The van der Waals surface area contributed by atoms with Gasteiger partial charge in [0.15, 0.2) is 6.10 Å². The summed E-state index contributed by atoms with van der Waals surface area (Å²) in [4.78, 5) is 38.4. The summed E-state index contributed by atoms with van der Waals surface area (Å²) in [6, 6.07) is 0. The number of esters is 3. The van der Waals surface area contributed by atoms with Crippen LogP contribution in [0.4, 0.5) is 0 Å². The summed E-state index contributed by atoms with van der Waals surface area (Å²) in [6.07, 6.45) is 83.4. The zero-order chi connectivity index (χ0) is 55.0. The number of hydrogen-bond acceptors (Lipinski definition) is 6. The maximum absolute atomic E-state index is 12.9. The lowest BCUT2D eigenvalue weighted by Crippen LogP contribution is -2.30. The van der Waals surface area contributed by atoms with Crippen LogP contribution in [0.3, 0.4) is 0 Å². The van der Waals surface area contributed by atoms with Crippen LogP contribution >= 0.6 is 0 Å². The van der Waals surface area contributed by atoms with Gasteiger partial charge >= 0.3 is 17.9 Å². The molecule has 0 amide bonds. The molecule has 1 unspecified atom stereocenters. The average Bonchev–Trinajstić information content (AvgIpc) is 3.42. The lowest BCUT2D eigenvalue weighted by atomic mass is 10.0. The van der Waals surface area contributed by atoms with Gasteiger partial charge in [-0.3, -0.25) is 14.4 Å². The van der Waals surface area contributed by atoms with Crippen molar-refractivity contribution >= 4 is 17.9 Å². The number of carbonyl (C=O) groups excluding carboxylic acids is 3. The first kappa shape index (κ1) is 72.8. The molecule has 0 heterocycles. The van der Waals surface area contributed by atoms with Crippen molar-refractivity contribution in [2.75, 3.05) is 13.2 Å². The Morgan fingerprint density at radius 1 is 0.276 bits per heavy atom. The lowest BCUT2D eigenvalue weighted by molar-refractivity contribution is -0.167. The van der Waals surface area contributed by atoms with Crippen LogP contribution in [0, 0.1) is 0 Å². The Labute approximate surface area is 472 Å². The van der Waals surface area contributed by atoms with Crippen molar-refractivity contribution in [1.29, 1.82) is 0 Å². The van der Waals surface area contributed by atoms with Gasteiger partial charge in [0.1, 0.15) is 13.2 Å². The normalized spacial score (nSPS) is 12.5. The second-order valence-corrected chi connectivity index (χ2v) is 22.0. The number of ether oxygens (including phenoxy) is 3. The van der Waals surface area contributed by atoms with E-state index in [4.69, 9.17) is 14.2 Å². The first-order chi connectivity index (χ1) is 37.5. The highest BCUT2D eigenvalue weighted by Gasteiger charge is 2.19. The van der Waals surface area contributed by atoms with Crippen LogP contribution in [0.2, 0.25) is 0 Å². The van der Waals surface area contributed by atoms with Crippen molar-refractivity contribution in [2.45, 2.75) is 341 Å². The minimum absolute atomic E-state index is 0.0831. The summed E-state index contributed by atoms with van der Waals surface area (Å²) in [6.45, 7) is 6.54. The van der Waals surface area contributed by atoms with E-state index >= 15 is 0 Å². The van der Waals surface area contributed by atoms with E-state index in [9.17, 15) is 14.4 Å². The van der Waals surface area contributed by atoms with Crippen LogP contribution in [-0.4, -0.2) is 37.2 Å². The van der Waals surface area contributed by atoms with Gasteiger partial charge in [0.25, 0.3) is 0 Å². The van der Waals surface area contributed by atoms with Crippen molar-refractivity contribution in [3.05, 3.63) is 72.9 Å². The molecular formula is C70H124O6. The molecule has 0 aliphatic rings. The second-order valence-electron chi connectivity index (χ2n) is 22.0. The molecule has 6 heteroatoms. The van der Waals surface area contributed by atoms with E-state index < -0.39 is 6.10 Å². The van der Waals surface area contributed by atoms with Gasteiger partial charge in [-0.05, 0) is 89.9 Å². The molecular weight excluding hydrogens is 937 g/mol. The molecule has 0 fully saturated rings. The van der Waals surface area contributed by atoms with Crippen molar-refractivity contribution in [3.63, 3.8) is 0 Å². The van der Waals surface area contributed by atoms with Crippen molar-refractivity contribution in [3.8, 4) is 0 Å². The Bertz CT molecular complexity index is 1400. The molecule has 0 rings (SSSR count). The van der Waals surface area contributed by atoms with E-state index in [0.29, 0.717) is 19.3 Å². The molecule has 0 spiro atoms. The number of unbranched alkanes of at least 4 members (excludes halogenated alkanes) is 37. The largest absolute Gasteiger partial charge is 0.462 e. The quantitative estimate of drug-likeness (QED) is 0.0261. The highest BCUT2D eigenvalue weighted by molar-refractivity contribution is 5.71. The summed E-state index contributed by atoms with van der Waals surface area (Å²) in [5.41, 5.74) is 0. The molecule has 0 N–H and O–H groups in total. The summed E-state index contributed by atoms with van der Waals surface area (Å²) in [7, 11) is 0. The number of rotatable bonds is 60. The predicted octanol–water partition coefficient (Wildman–Crippen LogP) is 22.5. The van der Waals surface area contributed by atoms with Gasteiger partial charge in [0.2, 0.25) is 0 Å². The van der Waals surface area contributed by atoms with Crippen LogP contribution < -0.4 is 0 Å². The zero-order valence-corrected chi connectivity index (χ0v) is 50.5. The fraction of sp³-hybridized carbons (Fsp3) is 0.786. The van der Waals surface area contributed by atoms with E-state index in [2.05, 4.69) is 93.7 Å². The maximum atomic E-state index is 12.9. The van der Waals surface area contributed by atoms with E-state index in [0.717, 1.165) is 116 Å². The molecule has 0 aromatic heterocycles. The summed E-state index contributed by atoms with van der Waals surface area (Å²) in [5, 5.41) is 0. The van der Waals surface area contributed by atoms with Gasteiger partial charge in [0.05, 0.1) is 0 Å². The minimum Gasteiger partial charge on any atom is -0.462 e. The van der Waals surface area contributed by atoms with Gasteiger partial charge in [0, 0.05) is 19.3 Å². The van der Waals surface area contributed by atoms with Crippen LogP contribution in [0.5, 0.6) is 0 Å². The highest BCUT2D eigenvalue weighted by atomic mass is 16.6. The summed E-state index contributed by atoms with van der Waals surface area (Å²) >= 11 is 0. The monoisotopic (exact) mass is 1060 g/mol. The maximum Gasteiger partial charge on any atom is 0.306 e.